The van der Waals surface area contributed by atoms with Crippen LogP contribution in [0.2, 0.25) is 0 Å². The van der Waals surface area contributed by atoms with E-state index in [4.69, 9.17) is 4.42 Å². The van der Waals surface area contributed by atoms with Crippen molar-refractivity contribution >= 4 is 28.3 Å². The number of aliphatic hydroxyl groups excluding tert-OH is 1. The molecule has 5 rings (SSSR count). The van der Waals surface area contributed by atoms with Crippen molar-refractivity contribution in [1.29, 1.82) is 0 Å². The number of fused-ring (bicyclic) bond motifs is 1. The van der Waals surface area contributed by atoms with Crippen molar-refractivity contribution in [3.8, 4) is 0 Å². The molecule has 1 atom stereocenters. The molecule has 1 aromatic heterocycles. The van der Waals surface area contributed by atoms with Gasteiger partial charge in [-0.15, -0.1) is 0 Å². The molecule has 33 heavy (non-hydrogen) atoms. The van der Waals surface area contributed by atoms with Crippen LogP contribution in [-0.4, -0.2) is 16.8 Å². The van der Waals surface area contributed by atoms with Gasteiger partial charge in [-0.05, 0) is 36.8 Å². The molecule has 3 aromatic carbocycles. The largest absolute Gasteiger partial charge is 0.503 e. The number of amides is 1. The Morgan fingerprint density at radius 3 is 2.52 bits per heavy atom. The normalized spacial score (nSPS) is 16.2. The van der Waals surface area contributed by atoms with Crippen LogP contribution in [-0.2, 0) is 4.79 Å². The molecular formula is C26H17F2NO4. The van der Waals surface area contributed by atoms with Crippen LogP contribution in [0.3, 0.4) is 0 Å². The number of carbonyl (C=O) groups is 2. The lowest BCUT2D eigenvalue weighted by Gasteiger charge is -2.27. The summed E-state index contributed by atoms with van der Waals surface area (Å²) < 4.78 is 33.9. The molecule has 1 aliphatic heterocycles. The number of carbonyl (C=O) groups excluding carboxylic acids is 2. The number of para-hydroxylation sites is 1. The standard InChI is InChI=1S/C26H17F2NO4/c1-14-5-4-7-16(11-14)23-22(24(30)21-12-15-6-2-3-8-20(15)33-21)25(31)26(32)29(23)19-10-9-17(27)13-18(19)28/h2-13,23,31H,1H3. The molecule has 0 bridgehead atoms. The van der Waals surface area contributed by atoms with E-state index in [1.54, 1.807) is 42.5 Å². The van der Waals surface area contributed by atoms with Crippen LogP contribution in [0.15, 0.2) is 88.5 Å². The average Bonchev–Trinajstić information content (AvgIpc) is 3.33. The Balaban J connectivity index is 1.69. The first-order valence-corrected chi connectivity index (χ1v) is 10.2. The number of aliphatic hydroxyl groups is 1. The third kappa shape index (κ3) is 3.38. The molecule has 4 aromatic rings. The quantitative estimate of drug-likeness (QED) is 0.403. The highest BCUT2D eigenvalue weighted by Crippen LogP contribution is 2.43. The molecule has 1 N–H and O–H groups in total. The van der Waals surface area contributed by atoms with Crippen LogP contribution in [0.4, 0.5) is 14.5 Å². The van der Waals surface area contributed by atoms with Crippen molar-refractivity contribution in [2.45, 2.75) is 13.0 Å². The number of benzene rings is 3. The Morgan fingerprint density at radius 1 is 1.00 bits per heavy atom. The van der Waals surface area contributed by atoms with Crippen molar-refractivity contribution < 1.29 is 27.9 Å². The van der Waals surface area contributed by atoms with Gasteiger partial charge in [-0.3, -0.25) is 14.5 Å². The summed E-state index contributed by atoms with van der Waals surface area (Å²) in [5, 5.41) is 11.5. The predicted octanol–water partition coefficient (Wildman–Crippen LogP) is 5.80. The van der Waals surface area contributed by atoms with Crippen LogP contribution >= 0.6 is 0 Å². The fourth-order valence-electron chi connectivity index (χ4n) is 4.14. The highest BCUT2D eigenvalue weighted by atomic mass is 19.1. The van der Waals surface area contributed by atoms with Crippen molar-refractivity contribution in [3.05, 3.63) is 113 Å². The van der Waals surface area contributed by atoms with E-state index in [2.05, 4.69) is 0 Å². The molecule has 7 heteroatoms. The molecule has 5 nitrogen and oxygen atoms in total. The van der Waals surface area contributed by atoms with E-state index in [0.29, 0.717) is 22.6 Å². The number of hydrogen-bond donors (Lipinski definition) is 1. The minimum atomic E-state index is -1.14. The first-order chi connectivity index (χ1) is 15.8. The van der Waals surface area contributed by atoms with Crippen LogP contribution in [0, 0.1) is 18.6 Å². The van der Waals surface area contributed by atoms with Crippen molar-refractivity contribution in [1.82, 2.24) is 0 Å². The molecule has 1 unspecified atom stereocenters. The van der Waals surface area contributed by atoms with Crippen LogP contribution in [0.5, 0.6) is 0 Å². The Bertz CT molecular complexity index is 1440. The summed E-state index contributed by atoms with van der Waals surface area (Å²) in [6.07, 6.45) is 0. The fraction of sp³-hybridized carbons (Fsp3) is 0.0769. The summed E-state index contributed by atoms with van der Waals surface area (Å²) in [5.74, 6) is -4.35. The Kier molecular flexibility index (Phi) is 4.82. The fourth-order valence-corrected chi connectivity index (χ4v) is 4.14. The second-order valence-corrected chi connectivity index (χ2v) is 7.83. The minimum Gasteiger partial charge on any atom is -0.503 e. The second-order valence-electron chi connectivity index (χ2n) is 7.83. The van der Waals surface area contributed by atoms with Gasteiger partial charge in [0.05, 0.1) is 17.3 Å². The number of Topliss-reactive ketones (excluding diaryl/α,β-unsaturated/α-hetero) is 1. The monoisotopic (exact) mass is 445 g/mol. The van der Waals surface area contributed by atoms with Gasteiger partial charge in [0, 0.05) is 11.5 Å². The third-order valence-electron chi connectivity index (χ3n) is 5.63. The van der Waals surface area contributed by atoms with Gasteiger partial charge in [-0.1, -0.05) is 48.0 Å². The molecule has 1 amide bonds. The molecule has 0 saturated carbocycles. The molecular weight excluding hydrogens is 428 g/mol. The number of rotatable bonds is 4. The summed E-state index contributed by atoms with van der Waals surface area (Å²) in [6.45, 7) is 1.83. The number of anilines is 1. The molecule has 164 valence electrons. The third-order valence-corrected chi connectivity index (χ3v) is 5.63. The molecule has 0 spiro atoms. The number of hydrogen-bond acceptors (Lipinski definition) is 4. The summed E-state index contributed by atoms with van der Waals surface area (Å²) >= 11 is 0. The predicted molar refractivity (Wildman–Crippen MR) is 118 cm³/mol. The summed E-state index contributed by atoms with van der Waals surface area (Å²) in [6, 6.07) is 17.1. The summed E-state index contributed by atoms with van der Waals surface area (Å²) in [5.41, 5.74) is 1.29. The van der Waals surface area contributed by atoms with E-state index >= 15 is 0 Å². The molecule has 0 aliphatic carbocycles. The first-order valence-electron chi connectivity index (χ1n) is 10.2. The number of halogens is 2. The maximum atomic E-state index is 14.7. The number of aryl methyl sites for hydroxylation is 1. The van der Waals surface area contributed by atoms with Gasteiger partial charge in [-0.25, -0.2) is 8.78 Å². The maximum Gasteiger partial charge on any atom is 0.294 e. The molecule has 2 heterocycles. The van der Waals surface area contributed by atoms with Crippen LogP contribution < -0.4 is 4.90 Å². The molecule has 0 radical (unpaired) electrons. The van der Waals surface area contributed by atoms with E-state index in [-0.39, 0.29) is 17.0 Å². The van der Waals surface area contributed by atoms with E-state index in [1.807, 2.05) is 13.0 Å². The van der Waals surface area contributed by atoms with Crippen LogP contribution in [0.25, 0.3) is 11.0 Å². The van der Waals surface area contributed by atoms with E-state index in [1.165, 1.54) is 6.07 Å². The lowest BCUT2D eigenvalue weighted by atomic mass is 9.93. The van der Waals surface area contributed by atoms with Gasteiger partial charge in [0.2, 0.25) is 5.78 Å². The SMILES string of the molecule is Cc1cccc(C2C(C(=O)c3cc4ccccc4o3)=C(O)C(=O)N2c2ccc(F)cc2F)c1. The zero-order valence-electron chi connectivity index (χ0n) is 17.4. The second kappa shape index (κ2) is 7.70. The van der Waals surface area contributed by atoms with Gasteiger partial charge >= 0.3 is 0 Å². The summed E-state index contributed by atoms with van der Waals surface area (Å²) in [4.78, 5) is 27.6. The first kappa shape index (κ1) is 20.6. The Hall–Kier alpha value is -4.26. The smallest absolute Gasteiger partial charge is 0.294 e. The highest BCUT2D eigenvalue weighted by molar-refractivity contribution is 6.20. The number of nitrogens with zero attached hydrogens (tertiary/aromatic N) is 1. The number of furan rings is 1. The van der Waals surface area contributed by atoms with Crippen LogP contribution in [0.1, 0.15) is 27.7 Å². The highest BCUT2D eigenvalue weighted by Gasteiger charge is 2.46. The van der Waals surface area contributed by atoms with Gasteiger partial charge in [-0.2, -0.15) is 0 Å². The average molecular weight is 445 g/mol. The minimum absolute atomic E-state index is 0.0652. The molecule has 0 saturated heterocycles. The maximum absolute atomic E-state index is 14.7. The van der Waals surface area contributed by atoms with Crippen molar-refractivity contribution in [3.63, 3.8) is 0 Å². The van der Waals surface area contributed by atoms with Gasteiger partial charge in [0.1, 0.15) is 17.2 Å². The lowest BCUT2D eigenvalue weighted by Crippen LogP contribution is -2.31. The number of ketones is 1. The zero-order valence-corrected chi connectivity index (χ0v) is 17.4. The Labute approximate surface area is 187 Å². The van der Waals surface area contributed by atoms with Crippen molar-refractivity contribution in [2.24, 2.45) is 0 Å². The van der Waals surface area contributed by atoms with Crippen molar-refractivity contribution in [2.75, 3.05) is 4.90 Å². The Morgan fingerprint density at radius 2 is 1.79 bits per heavy atom. The lowest BCUT2D eigenvalue weighted by molar-refractivity contribution is -0.117. The zero-order chi connectivity index (χ0) is 23.3. The topological polar surface area (TPSA) is 70.7 Å². The van der Waals surface area contributed by atoms with Gasteiger partial charge in [0.15, 0.2) is 11.5 Å². The molecule has 1 aliphatic rings. The molecule has 0 fully saturated rings. The van der Waals surface area contributed by atoms with E-state index in [9.17, 15) is 23.5 Å². The summed E-state index contributed by atoms with van der Waals surface area (Å²) in [7, 11) is 0. The van der Waals surface area contributed by atoms with Gasteiger partial charge < -0.3 is 9.52 Å². The van der Waals surface area contributed by atoms with E-state index < -0.39 is 35.1 Å². The van der Waals surface area contributed by atoms with E-state index in [0.717, 1.165) is 22.6 Å². The van der Waals surface area contributed by atoms with Gasteiger partial charge in [0.25, 0.3) is 5.91 Å².